The molecule has 0 aromatic heterocycles. The number of rotatable bonds is 4. The molecular weight excluding hydrogens is 400 g/mol. The zero-order valence-electron chi connectivity index (χ0n) is 17.2. The van der Waals surface area contributed by atoms with Crippen molar-refractivity contribution in [1.29, 1.82) is 0 Å². The predicted octanol–water partition coefficient (Wildman–Crippen LogP) is 4.53. The molecule has 2 saturated heterocycles. The third-order valence-corrected chi connectivity index (χ3v) is 8.47. The number of nitrogens with zero attached hydrogens (tertiary/aromatic N) is 2. The van der Waals surface area contributed by atoms with Crippen molar-refractivity contribution in [2.75, 3.05) is 32.0 Å². The highest BCUT2D eigenvalue weighted by molar-refractivity contribution is 8.22. The van der Waals surface area contributed by atoms with E-state index in [0.29, 0.717) is 18.4 Å². The molecule has 6 nitrogen and oxygen atoms in total. The minimum atomic E-state index is -2.50. The van der Waals surface area contributed by atoms with Crippen LogP contribution in [-0.2, 0) is 6.54 Å². The van der Waals surface area contributed by atoms with Crippen LogP contribution in [0, 0.1) is 0 Å². The number of para-hydroxylation sites is 2. The molecule has 2 aromatic rings. The molecule has 0 saturated carbocycles. The highest BCUT2D eigenvalue weighted by Gasteiger charge is 2.36. The molecular formula is C23H30N2O4S. The minimum absolute atomic E-state index is 0.0788. The number of hydrogen-bond acceptors (Lipinski definition) is 6. The first-order valence-electron chi connectivity index (χ1n) is 10.8. The van der Waals surface area contributed by atoms with Gasteiger partial charge in [0.15, 0.2) is 17.6 Å². The highest BCUT2D eigenvalue weighted by atomic mass is 32.3. The van der Waals surface area contributed by atoms with Crippen LogP contribution in [0.25, 0.3) is 0 Å². The van der Waals surface area contributed by atoms with E-state index in [1.807, 2.05) is 28.6 Å². The molecule has 0 amide bonds. The normalized spacial score (nSPS) is 25.9. The Balaban J connectivity index is 1.15. The van der Waals surface area contributed by atoms with E-state index < -0.39 is 10.8 Å². The summed E-state index contributed by atoms with van der Waals surface area (Å²) >= 11 is 0. The summed E-state index contributed by atoms with van der Waals surface area (Å²) < 4.78 is 34.4. The monoisotopic (exact) mass is 430 g/mol. The van der Waals surface area contributed by atoms with Gasteiger partial charge in [0.2, 0.25) is 0 Å². The van der Waals surface area contributed by atoms with Crippen LogP contribution in [0.15, 0.2) is 48.5 Å². The smallest absolute Gasteiger partial charge is 0.162 e. The summed E-state index contributed by atoms with van der Waals surface area (Å²) in [5, 5.41) is 0. The number of piperidine rings is 1. The average Bonchev–Trinajstić information content (AvgIpc) is 3.13. The highest BCUT2D eigenvalue weighted by Crippen LogP contribution is 2.51. The van der Waals surface area contributed by atoms with Gasteiger partial charge < -0.3 is 9.47 Å². The molecule has 5 rings (SSSR count). The van der Waals surface area contributed by atoms with Gasteiger partial charge in [-0.05, 0) is 42.5 Å². The largest absolute Gasteiger partial charge is 0.485 e. The quantitative estimate of drug-likeness (QED) is 0.743. The Morgan fingerprint density at radius 3 is 2.37 bits per heavy atom. The third-order valence-electron chi connectivity index (χ3n) is 6.40. The maximum atomic E-state index is 10.2. The Hall–Kier alpha value is -1.77. The first kappa shape index (κ1) is 20.2. The van der Waals surface area contributed by atoms with E-state index in [9.17, 15) is 9.11 Å². The molecule has 2 fully saturated rings. The van der Waals surface area contributed by atoms with Gasteiger partial charge in [0, 0.05) is 32.2 Å². The summed E-state index contributed by atoms with van der Waals surface area (Å²) in [7, 11) is -2.50. The van der Waals surface area contributed by atoms with Gasteiger partial charge in [-0.3, -0.25) is 14.0 Å². The van der Waals surface area contributed by atoms with Gasteiger partial charge in [0.1, 0.15) is 6.61 Å². The van der Waals surface area contributed by atoms with Crippen molar-refractivity contribution >= 4 is 10.8 Å². The molecule has 7 heteroatoms. The fourth-order valence-corrected chi connectivity index (χ4v) is 6.60. The zero-order valence-corrected chi connectivity index (χ0v) is 18.0. The van der Waals surface area contributed by atoms with Crippen LogP contribution in [0.4, 0.5) is 0 Å². The first-order chi connectivity index (χ1) is 14.6. The summed E-state index contributed by atoms with van der Waals surface area (Å²) in [5.41, 5.74) is 2.42. The predicted molar refractivity (Wildman–Crippen MR) is 119 cm³/mol. The lowest BCUT2D eigenvalue weighted by Crippen LogP contribution is -2.44. The maximum absolute atomic E-state index is 10.2. The van der Waals surface area contributed by atoms with Crippen molar-refractivity contribution in [2.45, 2.75) is 38.0 Å². The molecule has 0 bridgehead atoms. The minimum Gasteiger partial charge on any atom is -0.485 e. The molecule has 30 heavy (non-hydrogen) atoms. The van der Waals surface area contributed by atoms with Gasteiger partial charge >= 0.3 is 0 Å². The van der Waals surface area contributed by atoms with E-state index in [0.717, 1.165) is 62.5 Å². The molecule has 0 aliphatic carbocycles. The average molecular weight is 431 g/mol. The van der Waals surface area contributed by atoms with Crippen molar-refractivity contribution in [3.63, 3.8) is 0 Å². The lowest BCUT2D eigenvalue weighted by atomic mass is 10.0. The Morgan fingerprint density at radius 2 is 1.67 bits per heavy atom. The van der Waals surface area contributed by atoms with Gasteiger partial charge in [0.25, 0.3) is 0 Å². The maximum Gasteiger partial charge on any atom is 0.162 e. The number of benzene rings is 2. The fourth-order valence-electron chi connectivity index (χ4n) is 4.74. The lowest BCUT2D eigenvalue weighted by molar-refractivity contribution is 0.0912. The molecule has 3 aliphatic rings. The van der Waals surface area contributed by atoms with E-state index in [2.05, 4.69) is 29.2 Å². The van der Waals surface area contributed by atoms with Crippen LogP contribution in [-0.4, -0.2) is 56.3 Å². The Kier molecular flexibility index (Phi) is 5.64. The molecule has 0 unspecified atom stereocenters. The van der Waals surface area contributed by atoms with E-state index in [-0.39, 0.29) is 6.10 Å². The molecule has 3 aliphatic heterocycles. The Bertz CT molecular complexity index is 868. The van der Waals surface area contributed by atoms with Gasteiger partial charge in [0.05, 0.1) is 5.75 Å². The topological polar surface area (TPSA) is 65.4 Å². The molecule has 0 spiro atoms. The molecule has 3 heterocycles. The number of fused-ring (bicyclic) bond motifs is 1. The molecule has 2 aromatic carbocycles. The van der Waals surface area contributed by atoms with Crippen LogP contribution >= 0.6 is 10.8 Å². The second-order valence-corrected chi connectivity index (χ2v) is 10.6. The van der Waals surface area contributed by atoms with Gasteiger partial charge in [-0.15, -0.1) is 10.8 Å². The third kappa shape index (κ3) is 4.18. The van der Waals surface area contributed by atoms with E-state index in [1.54, 1.807) is 0 Å². The summed E-state index contributed by atoms with van der Waals surface area (Å²) in [5.74, 6) is 2.15. The van der Waals surface area contributed by atoms with Crippen LogP contribution in [0.5, 0.6) is 11.5 Å². The van der Waals surface area contributed by atoms with Gasteiger partial charge in [-0.1, -0.05) is 36.4 Å². The van der Waals surface area contributed by atoms with Crippen molar-refractivity contribution < 1.29 is 18.6 Å². The number of likely N-dealkylation sites (tertiary alicyclic amines) is 1. The summed E-state index contributed by atoms with van der Waals surface area (Å²) in [6.07, 6.45) is 2.82. The van der Waals surface area contributed by atoms with E-state index >= 15 is 0 Å². The molecule has 1 atom stereocenters. The molecule has 2 N–H and O–H groups in total. The lowest BCUT2D eigenvalue weighted by Gasteiger charge is -2.44. The fraction of sp³-hybridized carbons (Fsp3) is 0.478. The molecule has 0 radical (unpaired) electrons. The van der Waals surface area contributed by atoms with Crippen molar-refractivity contribution in [2.24, 2.45) is 0 Å². The van der Waals surface area contributed by atoms with Crippen molar-refractivity contribution in [1.82, 2.24) is 9.21 Å². The van der Waals surface area contributed by atoms with Crippen LogP contribution in [0.2, 0.25) is 0 Å². The van der Waals surface area contributed by atoms with Gasteiger partial charge in [-0.25, -0.2) is 4.31 Å². The second-order valence-electron chi connectivity index (χ2n) is 8.44. The summed E-state index contributed by atoms with van der Waals surface area (Å²) in [6, 6.07) is 16.8. The van der Waals surface area contributed by atoms with E-state index in [1.165, 1.54) is 5.56 Å². The van der Waals surface area contributed by atoms with Crippen LogP contribution < -0.4 is 9.47 Å². The summed E-state index contributed by atoms with van der Waals surface area (Å²) in [6.45, 7) is 4.27. The second kappa shape index (κ2) is 8.40. The Morgan fingerprint density at radius 1 is 0.933 bits per heavy atom. The number of hydrogen-bond donors (Lipinski definition) is 2. The van der Waals surface area contributed by atoms with Gasteiger partial charge in [-0.2, -0.15) is 0 Å². The SMILES string of the molecule is OS1(O)CCCN1C1CCN(Cc2ccc([C@H]3COc4ccccc4O3)cc2)CC1. The van der Waals surface area contributed by atoms with Crippen molar-refractivity contribution in [3.05, 3.63) is 59.7 Å². The molecule has 162 valence electrons. The summed E-state index contributed by atoms with van der Waals surface area (Å²) in [4.78, 5) is 2.46. The Labute approximate surface area is 179 Å². The standard InChI is InChI=1S/C23H30N2O4S/c26-30(27)15-3-12-25(30)20-10-13-24(14-11-20)16-18-6-8-19(9-7-18)23-17-28-21-4-1-2-5-22(21)29-23/h1-2,4-9,20,23,26-27H,3,10-17H2/t23-/m1/s1. The number of ether oxygens (including phenoxy) is 2. The van der Waals surface area contributed by atoms with Crippen molar-refractivity contribution in [3.8, 4) is 11.5 Å². The van der Waals surface area contributed by atoms with Crippen LogP contribution in [0.1, 0.15) is 36.5 Å². The van der Waals surface area contributed by atoms with Crippen LogP contribution in [0.3, 0.4) is 0 Å². The zero-order chi connectivity index (χ0) is 20.6. The first-order valence-corrected chi connectivity index (χ1v) is 12.5. The van der Waals surface area contributed by atoms with E-state index in [4.69, 9.17) is 9.47 Å².